The third-order valence-electron chi connectivity index (χ3n) is 2.42. The standard InChI is InChI=1S/C13H19NO5S/c1-9(2)19-12-6-4-11(5-7-12)10(3)14-20(17,18)8-13(15)16/h4-7,9-10,14H,8H2,1-3H3,(H,15,16). The Kier molecular flexibility index (Phi) is 5.52. The van der Waals surface area contributed by atoms with Crippen LogP contribution in [0.3, 0.4) is 0 Å². The van der Waals surface area contributed by atoms with Gasteiger partial charge in [-0.1, -0.05) is 12.1 Å². The van der Waals surface area contributed by atoms with Gasteiger partial charge in [0.05, 0.1) is 6.10 Å². The van der Waals surface area contributed by atoms with Crippen LogP contribution in [0, 0.1) is 0 Å². The number of nitrogens with one attached hydrogen (secondary N) is 1. The maximum absolute atomic E-state index is 11.5. The first kappa shape index (κ1) is 16.5. The number of sulfonamides is 1. The summed E-state index contributed by atoms with van der Waals surface area (Å²) >= 11 is 0. The second-order valence-electron chi connectivity index (χ2n) is 4.73. The van der Waals surface area contributed by atoms with Gasteiger partial charge in [0.15, 0.2) is 5.75 Å². The van der Waals surface area contributed by atoms with E-state index in [4.69, 9.17) is 9.84 Å². The van der Waals surface area contributed by atoms with Gasteiger partial charge in [0.2, 0.25) is 10.0 Å². The van der Waals surface area contributed by atoms with Crippen molar-refractivity contribution in [3.8, 4) is 5.75 Å². The highest BCUT2D eigenvalue weighted by atomic mass is 32.2. The molecule has 0 radical (unpaired) electrons. The van der Waals surface area contributed by atoms with Crippen LogP contribution in [0.1, 0.15) is 32.4 Å². The molecule has 0 heterocycles. The molecule has 6 nitrogen and oxygen atoms in total. The number of aliphatic carboxylic acids is 1. The second kappa shape index (κ2) is 6.71. The minimum Gasteiger partial charge on any atom is -0.491 e. The number of ether oxygens (including phenoxy) is 1. The molecule has 20 heavy (non-hydrogen) atoms. The number of carboxylic acid groups (broad SMARTS) is 1. The minimum absolute atomic E-state index is 0.0624. The van der Waals surface area contributed by atoms with Crippen LogP contribution in [-0.2, 0) is 14.8 Å². The number of hydrogen-bond donors (Lipinski definition) is 2. The highest BCUT2D eigenvalue weighted by Gasteiger charge is 2.19. The molecule has 1 aromatic carbocycles. The zero-order valence-corrected chi connectivity index (χ0v) is 12.5. The van der Waals surface area contributed by atoms with Gasteiger partial charge < -0.3 is 9.84 Å². The molecule has 0 amide bonds. The molecular weight excluding hydrogens is 282 g/mol. The van der Waals surface area contributed by atoms with Gasteiger partial charge in [-0.05, 0) is 38.5 Å². The summed E-state index contributed by atoms with van der Waals surface area (Å²) in [5.41, 5.74) is 0.732. The average molecular weight is 301 g/mol. The molecule has 0 saturated heterocycles. The Morgan fingerprint density at radius 2 is 1.80 bits per heavy atom. The zero-order valence-electron chi connectivity index (χ0n) is 11.7. The van der Waals surface area contributed by atoms with Crippen LogP contribution >= 0.6 is 0 Å². The first-order chi connectivity index (χ1) is 9.19. The van der Waals surface area contributed by atoms with Crippen LogP contribution < -0.4 is 9.46 Å². The molecule has 0 aliphatic heterocycles. The summed E-state index contributed by atoms with van der Waals surface area (Å²) in [6.07, 6.45) is 0.0624. The van der Waals surface area contributed by atoms with Crippen molar-refractivity contribution in [1.82, 2.24) is 4.72 Å². The molecule has 0 aliphatic rings. The first-order valence-electron chi connectivity index (χ1n) is 6.18. The van der Waals surface area contributed by atoms with E-state index in [1.54, 1.807) is 31.2 Å². The van der Waals surface area contributed by atoms with Crippen LogP contribution in [0.4, 0.5) is 0 Å². The van der Waals surface area contributed by atoms with Crippen molar-refractivity contribution >= 4 is 16.0 Å². The third-order valence-corrected chi connectivity index (χ3v) is 3.76. The van der Waals surface area contributed by atoms with E-state index in [2.05, 4.69) is 4.72 Å². The quantitative estimate of drug-likeness (QED) is 0.797. The summed E-state index contributed by atoms with van der Waals surface area (Å²) in [6.45, 7) is 5.48. The van der Waals surface area contributed by atoms with E-state index in [1.165, 1.54) is 0 Å². The zero-order chi connectivity index (χ0) is 15.3. The van der Waals surface area contributed by atoms with E-state index < -0.39 is 27.8 Å². The molecule has 0 bridgehead atoms. The van der Waals surface area contributed by atoms with Crippen LogP contribution in [-0.4, -0.2) is 31.4 Å². The van der Waals surface area contributed by atoms with E-state index in [0.717, 1.165) is 5.56 Å². The molecule has 0 fully saturated rings. The molecule has 1 rings (SSSR count). The average Bonchev–Trinajstić information content (AvgIpc) is 2.26. The lowest BCUT2D eigenvalue weighted by atomic mass is 10.1. The van der Waals surface area contributed by atoms with E-state index >= 15 is 0 Å². The second-order valence-corrected chi connectivity index (χ2v) is 6.48. The Balaban J connectivity index is 2.73. The summed E-state index contributed by atoms with van der Waals surface area (Å²) in [6, 6.07) is 6.47. The maximum Gasteiger partial charge on any atom is 0.320 e. The topological polar surface area (TPSA) is 92.7 Å². The van der Waals surface area contributed by atoms with Crippen molar-refractivity contribution in [3.05, 3.63) is 29.8 Å². The molecule has 1 atom stereocenters. The number of rotatable bonds is 7. The first-order valence-corrected chi connectivity index (χ1v) is 7.83. The normalized spacial score (nSPS) is 13.2. The fourth-order valence-corrected chi connectivity index (χ4v) is 2.73. The number of carbonyl (C=O) groups is 1. The molecular formula is C13H19NO5S. The Morgan fingerprint density at radius 3 is 2.25 bits per heavy atom. The predicted molar refractivity (Wildman–Crippen MR) is 75.2 cm³/mol. The molecule has 7 heteroatoms. The Bertz CT molecular complexity index is 551. The van der Waals surface area contributed by atoms with Crippen LogP contribution in [0.5, 0.6) is 5.75 Å². The molecule has 1 unspecified atom stereocenters. The minimum atomic E-state index is -3.84. The Hall–Kier alpha value is -1.60. The van der Waals surface area contributed by atoms with Gasteiger partial charge in [-0.3, -0.25) is 4.79 Å². The van der Waals surface area contributed by atoms with Crippen molar-refractivity contribution in [2.45, 2.75) is 32.9 Å². The predicted octanol–water partition coefficient (Wildman–Crippen LogP) is 1.54. The van der Waals surface area contributed by atoms with Gasteiger partial charge in [-0.25, -0.2) is 13.1 Å². The van der Waals surface area contributed by atoms with E-state index in [9.17, 15) is 13.2 Å². The maximum atomic E-state index is 11.5. The highest BCUT2D eigenvalue weighted by Crippen LogP contribution is 2.19. The van der Waals surface area contributed by atoms with Gasteiger partial charge in [-0.2, -0.15) is 0 Å². The van der Waals surface area contributed by atoms with Crippen molar-refractivity contribution in [2.24, 2.45) is 0 Å². The lowest BCUT2D eigenvalue weighted by molar-refractivity contribution is -0.134. The fourth-order valence-electron chi connectivity index (χ4n) is 1.65. The molecule has 0 aliphatic carbocycles. The van der Waals surface area contributed by atoms with Crippen LogP contribution in [0.25, 0.3) is 0 Å². The SMILES string of the molecule is CC(C)Oc1ccc(C(C)NS(=O)(=O)CC(=O)O)cc1. The van der Waals surface area contributed by atoms with Gasteiger partial charge in [0.1, 0.15) is 5.75 Å². The van der Waals surface area contributed by atoms with E-state index in [-0.39, 0.29) is 6.10 Å². The summed E-state index contributed by atoms with van der Waals surface area (Å²) in [5.74, 6) is -1.62. The lowest BCUT2D eigenvalue weighted by Crippen LogP contribution is -2.32. The molecule has 0 spiro atoms. The van der Waals surface area contributed by atoms with Crippen LogP contribution in [0.2, 0.25) is 0 Å². The largest absolute Gasteiger partial charge is 0.491 e. The Labute approximate surface area is 118 Å². The smallest absolute Gasteiger partial charge is 0.320 e. The van der Waals surface area contributed by atoms with Crippen molar-refractivity contribution in [3.63, 3.8) is 0 Å². The number of carboxylic acids is 1. The lowest BCUT2D eigenvalue weighted by Gasteiger charge is -2.15. The fraction of sp³-hybridized carbons (Fsp3) is 0.462. The van der Waals surface area contributed by atoms with Gasteiger partial charge in [0.25, 0.3) is 0 Å². The van der Waals surface area contributed by atoms with Gasteiger partial charge >= 0.3 is 5.97 Å². The van der Waals surface area contributed by atoms with Gasteiger partial charge in [0, 0.05) is 6.04 Å². The number of benzene rings is 1. The van der Waals surface area contributed by atoms with Crippen molar-refractivity contribution < 1.29 is 23.1 Å². The summed E-state index contributed by atoms with van der Waals surface area (Å²) < 4.78 is 30.8. The van der Waals surface area contributed by atoms with Crippen molar-refractivity contribution in [2.75, 3.05) is 5.75 Å². The molecule has 0 saturated carbocycles. The molecule has 112 valence electrons. The Morgan fingerprint density at radius 1 is 1.25 bits per heavy atom. The molecule has 0 aromatic heterocycles. The molecule has 2 N–H and O–H groups in total. The van der Waals surface area contributed by atoms with E-state index in [1.807, 2.05) is 13.8 Å². The monoisotopic (exact) mass is 301 g/mol. The van der Waals surface area contributed by atoms with Crippen LogP contribution in [0.15, 0.2) is 24.3 Å². The summed E-state index contributed by atoms with van der Waals surface area (Å²) in [4.78, 5) is 10.4. The van der Waals surface area contributed by atoms with E-state index in [0.29, 0.717) is 5.75 Å². The summed E-state index contributed by atoms with van der Waals surface area (Å²) in [5, 5.41) is 8.52. The number of hydrogen-bond acceptors (Lipinski definition) is 4. The summed E-state index contributed by atoms with van der Waals surface area (Å²) in [7, 11) is -3.84. The van der Waals surface area contributed by atoms with Gasteiger partial charge in [-0.15, -0.1) is 0 Å². The molecule has 1 aromatic rings. The highest BCUT2D eigenvalue weighted by molar-refractivity contribution is 7.90. The van der Waals surface area contributed by atoms with Crippen molar-refractivity contribution in [1.29, 1.82) is 0 Å². The third kappa shape index (κ3) is 5.58.